The normalized spacial score (nSPS) is 18.4. The molecule has 7 nitrogen and oxygen atoms in total. The summed E-state index contributed by atoms with van der Waals surface area (Å²) in [6.07, 6.45) is -0.344. The molecule has 0 aliphatic carbocycles. The number of aromatic nitrogens is 1. The van der Waals surface area contributed by atoms with Crippen LogP contribution in [-0.2, 0) is 10.0 Å². The van der Waals surface area contributed by atoms with Crippen molar-refractivity contribution < 1.29 is 22.4 Å². The Balaban J connectivity index is 1.68. The van der Waals surface area contributed by atoms with Crippen molar-refractivity contribution >= 4 is 10.0 Å². The van der Waals surface area contributed by atoms with Gasteiger partial charge in [0.25, 0.3) is 0 Å². The molecule has 1 unspecified atom stereocenters. The number of sulfonamides is 1. The topological polar surface area (TPSA) is 86.9 Å². The standard InChI is InChI=1S/C18H24FN3O4S/c1-13-18(14(2)26-20-13)27(24,25)22-9-5-8-21(10-11-22)12-17(23)15-6-3-4-7-16(15)19/h3-4,6-7,17,23H,5,8-12H2,1-2H3. The van der Waals surface area contributed by atoms with Gasteiger partial charge in [-0.3, -0.25) is 4.90 Å². The lowest BCUT2D eigenvalue weighted by atomic mass is 10.1. The van der Waals surface area contributed by atoms with E-state index in [9.17, 15) is 17.9 Å². The SMILES string of the molecule is Cc1noc(C)c1S(=O)(=O)N1CCCN(CC(O)c2ccccc2F)CC1. The average molecular weight is 397 g/mol. The maximum Gasteiger partial charge on any atom is 0.248 e. The number of halogens is 1. The zero-order chi connectivity index (χ0) is 19.6. The highest BCUT2D eigenvalue weighted by Gasteiger charge is 2.32. The Morgan fingerprint density at radius 3 is 2.63 bits per heavy atom. The van der Waals surface area contributed by atoms with Crippen molar-refractivity contribution in [3.8, 4) is 0 Å². The number of nitrogens with zero attached hydrogens (tertiary/aromatic N) is 3. The Hall–Kier alpha value is -1.81. The molecule has 3 rings (SSSR count). The maximum absolute atomic E-state index is 13.8. The van der Waals surface area contributed by atoms with Crippen LogP contribution >= 0.6 is 0 Å². The number of aliphatic hydroxyl groups excluding tert-OH is 1. The van der Waals surface area contributed by atoms with E-state index in [-0.39, 0.29) is 29.3 Å². The molecule has 1 saturated heterocycles. The molecule has 9 heteroatoms. The van der Waals surface area contributed by atoms with Crippen molar-refractivity contribution in [1.82, 2.24) is 14.4 Å². The van der Waals surface area contributed by atoms with Gasteiger partial charge < -0.3 is 9.63 Å². The van der Waals surface area contributed by atoms with E-state index in [0.717, 1.165) is 0 Å². The molecule has 1 aromatic heterocycles. The average Bonchev–Trinajstić information content (AvgIpc) is 2.82. The van der Waals surface area contributed by atoms with Gasteiger partial charge in [-0.15, -0.1) is 0 Å². The van der Waals surface area contributed by atoms with Crippen LogP contribution in [0.4, 0.5) is 4.39 Å². The summed E-state index contributed by atoms with van der Waals surface area (Å²) in [5.41, 5.74) is 0.602. The highest BCUT2D eigenvalue weighted by Crippen LogP contribution is 2.25. The van der Waals surface area contributed by atoms with E-state index in [1.165, 1.54) is 10.4 Å². The van der Waals surface area contributed by atoms with E-state index < -0.39 is 21.9 Å². The number of hydrogen-bond acceptors (Lipinski definition) is 6. The van der Waals surface area contributed by atoms with Crippen molar-refractivity contribution in [2.24, 2.45) is 0 Å². The molecular formula is C18H24FN3O4S. The maximum atomic E-state index is 13.8. The van der Waals surface area contributed by atoms with Crippen LogP contribution in [0.15, 0.2) is 33.7 Å². The molecule has 1 aliphatic heterocycles. The Bertz CT molecular complexity index is 880. The van der Waals surface area contributed by atoms with Gasteiger partial charge >= 0.3 is 0 Å². The number of aliphatic hydroxyl groups is 1. The minimum Gasteiger partial charge on any atom is -0.387 e. The monoisotopic (exact) mass is 397 g/mol. The lowest BCUT2D eigenvalue weighted by molar-refractivity contribution is 0.113. The molecule has 0 bridgehead atoms. The van der Waals surface area contributed by atoms with Crippen LogP contribution in [0.2, 0.25) is 0 Å². The number of benzene rings is 1. The molecule has 0 spiro atoms. The van der Waals surface area contributed by atoms with Crippen LogP contribution in [0, 0.1) is 19.7 Å². The lowest BCUT2D eigenvalue weighted by Crippen LogP contribution is -2.36. The molecule has 2 heterocycles. The second-order valence-corrected chi connectivity index (χ2v) is 8.62. The Kier molecular flexibility index (Phi) is 5.95. The summed E-state index contributed by atoms with van der Waals surface area (Å²) in [6.45, 7) is 5.18. The van der Waals surface area contributed by atoms with E-state index in [1.54, 1.807) is 32.0 Å². The van der Waals surface area contributed by atoms with Crippen LogP contribution < -0.4 is 0 Å². The predicted molar refractivity (Wildman–Crippen MR) is 97.2 cm³/mol. The summed E-state index contributed by atoms with van der Waals surface area (Å²) in [5.74, 6) is -0.161. The molecule has 2 aromatic rings. The van der Waals surface area contributed by atoms with Crippen LogP contribution in [0.1, 0.15) is 29.5 Å². The van der Waals surface area contributed by atoms with E-state index in [1.807, 2.05) is 4.90 Å². The largest absolute Gasteiger partial charge is 0.387 e. The molecule has 0 saturated carbocycles. The summed E-state index contributed by atoms with van der Waals surface area (Å²) < 4.78 is 46.2. The second kappa shape index (κ2) is 8.05. The van der Waals surface area contributed by atoms with Crippen molar-refractivity contribution in [1.29, 1.82) is 0 Å². The Morgan fingerprint density at radius 1 is 1.22 bits per heavy atom. The zero-order valence-electron chi connectivity index (χ0n) is 15.4. The van der Waals surface area contributed by atoms with Crippen molar-refractivity contribution in [3.63, 3.8) is 0 Å². The van der Waals surface area contributed by atoms with Crippen molar-refractivity contribution in [2.45, 2.75) is 31.3 Å². The summed E-state index contributed by atoms with van der Waals surface area (Å²) in [4.78, 5) is 2.09. The minimum atomic E-state index is -3.69. The number of aryl methyl sites for hydroxylation is 2. The number of hydrogen-bond donors (Lipinski definition) is 1. The fourth-order valence-electron chi connectivity index (χ4n) is 3.43. The molecule has 1 aliphatic rings. The highest BCUT2D eigenvalue weighted by atomic mass is 32.2. The van der Waals surface area contributed by atoms with Crippen molar-refractivity contribution in [2.75, 3.05) is 32.7 Å². The molecule has 1 atom stereocenters. The first-order valence-electron chi connectivity index (χ1n) is 8.88. The third-order valence-electron chi connectivity index (χ3n) is 4.81. The van der Waals surface area contributed by atoms with E-state index in [4.69, 9.17) is 4.52 Å². The van der Waals surface area contributed by atoms with Gasteiger partial charge in [0.1, 0.15) is 16.4 Å². The van der Waals surface area contributed by atoms with Gasteiger partial charge in [-0.25, -0.2) is 12.8 Å². The van der Waals surface area contributed by atoms with Gasteiger partial charge in [-0.05, 0) is 32.9 Å². The number of β-amino-alcohol motifs (C(OH)–C–C–N with tert-alkyl or cyclic N) is 1. The first kappa shape index (κ1) is 19.9. The third kappa shape index (κ3) is 4.21. The Labute approximate surface area is 158 Å². The third-order valence-corrected chi connectivity index (χ3v) is 6.95. The van der Waals surface area contributed by atoms with Gasteiger partial charge in [0.15, 0.2) is 5.76 Å². The van der Waals surface area contributed by atoms with Gasteiger partial charge in [-0.2, -0.15) is 4.31 Å². The molecule has 1 fully saturated rings. The van der Waals surface area contributed by atoms with E-state index in [0.29, 0.717) is 31.7 Å². The van der Waals surface area contributed by atoms with Gasteiger partial charge in [0, 0.05) is 31.7 Å². The molecule has 1 N–H and O–H groups in total. The van der Waals surface area contributed by atoms with Gasteiger partial charge in [0.2, 0.25) is 10.0 Å². The van der Waals surface area contributed by atoms with Crippen molar-refractivity contribution in [3.05, 3.63) is 47.1 Å². The fourth-order valence-corrected chi connectivity index (χ4v) is 5.19. The molecule has 27 heavy (non-hydrogen) atoms. The van der Waals surface area contributed by atoms with Crippen LogP contribution in [0.25, 0.3) is 0 Å². The molecular weight excluding hydrogens is 373 g/mol. The summed E-state index contributed by atoms with van der Waals surface area (Å²) >= 11 is 0. The Morgan fingerprint density at radius 2 is 1.96 bits per heavy atom. The quantitative estimate of drug-likeness (QED) is 0.829. The van der Waals surface area contributed by atoms with E-state index in [2.05, 4.69) is 5.16 Å². The van der Waals surface area contributed by atoms with Gasteiger partial charge in [-0.1, -0.05) is 23.4 Å². The van der Waals surface area contributed by atoms with Gasteiger partial charge in [0.05, 0.1) is 6.10 Å². The first-order chi connectivity index (χ1) is 12.8. The zero-order valence-corrected chi connectivity index (χ0v) is 16.2. The predicted octanol–water partition coefficient (Wildman–Crippen LogP) is 1.86. The summed E-state index contributed by atoms with van der Waals surface area (Å²) in [5, 5.41) is 14.1. The second-order valence-electron chi connectivity index (χ2n) is 6.75. The smallest absolute Gasteiger partial charge is 0.248 e. The fraction of sp³-hybridized carbons (Fsp3) is 0.500. The summed E-state index contributed by atoms with van der Waals surface area (Å²) in [6, 6.07) is 6.14. The molecule has 0 amide bonds. The first-order valence-corrected chi connectivity index (χ1v) is 10.3. The van der Waals surface area contributed by atoms with Crippen LogP contribution in [-0.4, -0.2) is 60.6 Å². The lowest BCUT2D eigenvalue weighted by Gasteiger charge is -2.24. The molecule has 148 valence electrons. The molecule has 1 aromatic carbocycles. The van der Waals surface area contributed by atoms with E-state index >= 15 is 0 Å². The molecule has 0 radical (unpaired) electrons. The van der Waals surface area contributed by atoms with Crippen LogP contribution in [0.3, 0.4) is 0 Å². The number of rotatable bonds is 5. The summed E-state index contributed by atoms with van der Waals surface area (Å²) in [7, 11) is -3.69. The van der Waals surface area contributed by atoms with Crippen LogP contribution in [0.5, 0.6) is 0 Å². The highest BCUT2D eigenvalue weighted by molar-refractivity contribution is 7.89. The minimum absolute atomic E-state index is 0.127.